The molecule has 24 heavy (non-hydrogen) atoms. The molecule has 0 unspecified atom stereocenters. The van der Waals surface area contributed by atoms with Crippen molar-refractivity contribution in [2.24, 2.45) is 0 Å². The summed E-state index contributed by atoms with van der Waals surface area (Å²) in [6.45, 7) is 4.25. The quantitative estimate of drug-likeness (QED) is 0.406. The molecule has 0 atom stereocenters. The molecule has 120 valence electrons. The van der Waals surface area contributed by atoms with Gasteiger partial charge in [-0.3, -0.25) is 10.1 Å². The topological polar surface area (TPSA) is 93.0 Å². The summed E-state index contributed by atoms with van der Waals surface area (Å²) in [6, 6.07) is 13.8. The van der Waals surface area contributed by atoms with Crippen LogP contribution in [0.4, 0.5) is 23.1 Å². The zero-order valence-corrected chi connectivity index (χ0v) is 12.8. The number of hydrogen-bond acceptors (Lipinski definition) is 6. The number of anilines is 3. The second-order valence-corrected chi connectivity index (χ2v) is 5.01. The summed E-state index contributed by atoms with van der Waals surface area (Å²) >= 11 is 0. The van der Waals surface area contributed by atoms with Gasteiger partial charge in [-0.05, 0) is 18.2 Å². The first-order chi connectivity index (χ1) is 11.7. The number of nitro groups is 1. The first-order valence-corrected chi connectivity index (χ1v) is 7.30. The number of rotatable bonds is 6. The second kappa shape index (κ2) is 6.74. The number of nitrogens with one attached hydrogen (secondary N) is 2. The van der Waals surface area contributed by atoms with Crippen LogP contribution in [0, 0.1) is 10.1 Å². The minimum Gasteiger partial charge on any atom is -0.366 e. The van der Waals surface area contributed by atoms with Crippen molar-refractivity contribution in [3.8, 4) is 0 Å². The smallest absolute Gasteiger partial charge is 0.271 e. The Bertz CT molecular complexity index is 910. The Balaban J connectivity index is 1.98. The van der Waals surface area contributed by atoms with Gasteiger partial charge in [0.15, 0.2) is 0 Å². The van der Waals surface area contributed by atoms with Gasteiger partial charge in [0.25, 0.3) is 5.69 Å². The molecule has 0 aliphatic rings. The van der Waals surface area contributed by atoms with Gasteiger partial charge in [-0.1, -0.05) is 24.3 Å². The summed E-state index contributed by atoms with van der Waals surface area (Å²) in [5.41, 5.74) is 1.33. The molecule has 0 amide bonds. The number of benzene rings is 2. The third-order valence-corrected chi connectivity index (χ3v) is 3.33. The fraction of sp³-hybridized carbons (Fsp3) is 0.0588. The molecule has 0 bridgehead atoms. The molecule has 0 radical (unpaired) electrons. The van der Waals surface area contributed by atoms with E-state index in [1.807, 2.05) is 24.3 Å². The Labute approximate surface area is 138 Å². The molecule has 0 spiro atoms. The summed E-state index contributed by atoms with van der Waals surface area (Å²) in [7, 11) is 0. The molecule has 3 aromatic rings. The van der Waals surface area contributed by atoms with Gasteiger partial charge >= 0.3 is 0 Å². The van der Waals surface area contributed by atoms with E-state index in [0.29, 0.717) is 24.0 Å². The van der Waals surface area contributed by atoms with Gasteiger partial charge in [0.1, 0.15) is 5.82 Å². The molecular weight excluding hydrogens is 306 g/mol. The average molecular weight is 321 g/mol. The van der Waals surface area contributed by atoms with E-state index in [-0.39, 0.29) is 5.69 Å². The van der Waals surface area contributed by atoms with Gasteiger partial charge in [-0.15, -0.1) is 6.58 Å². The van der Waals surface area contributed by atoms with Crippen LogP contribution in [0.2, 0.25) is 0 Å². The Morgan fingerprint density at radius 1 is 1.17 bits per heavy atom. The number of nitrogens with zero attached hydrogens (tertiary/aromatic N) is 3. The number of fused-ring (bicyclic) bond motifs is 1. The predicted molar refractivity (Wildman–Crippen MR) is 94.6 cm³/mol. The number of non-ortho nitro benzene ring substituents is 1. The van der Waals surface area contributed by atoms with Crippen LogP contribution in [0.15, 0.2) is 61.2 Å². The van der Waals surface area contributed by atoms with E-state index in [1.54, 1.807) is 18.2 Å². The van der Waals surface area contributed by atoms with Crippen molar-refractivity contribution in [2.45, 2.75) is 0 Å². The summed E-state index contributed by atoms with van der Waals surface area (Å²) in [6.07, 6.45) is 1.74. The molecule has 7 heteroatoms. The lowest BCUT2D eigenvalue weighted by Crippen LogP contribution is -2.05. The van der Waals surface area contributed by atoms with Crippen molar-refractivity contribution >= 4 is 34.0 Å². The molecular formula is C17H15N5O2. The van der Waals surface area contributed by atoms with Crippen molar-refractivity contribution in [1.82, 2.24) is 9.97 Å². The zero-order chi connectivity index (χ0) is 16.9. The maximum absolute atomic E-state index is 10.9. The Morgan fingerprint density at radius 3 is 2.79 bits per heavy atom. The highest BCUT2D eigenvalue weighted by molar-refractivity contribution is 5.90. The van der Waals surface area contributed by atoms with Crippen molar-refractivity contribution in [1.29, 1.82) is 0 Å². The summed E-state index contributed by atoms with van der Waals surface area (Å²) in [4.78, 5) is 19.4. The van der Waals surface area contributed by atoms with E-state index < -0.39 is 4.92 Å². The molecule has 1 aromatic heterocycles. The number of hydrogen-bond donors (Lipinski definition) is 2. The van der Waals surface area contributed by atoms with Gasteiger partial charge in [-0.2, -0.15) is 4.98 Å². The Kier molecular flexibility index (Phi) is 4.33. The maximum Gasteiger partial charge on any atom is 0.271 e. The second-order valence-electron chi connectivity index (χ2n) is 5.01. The third kappa shape index (κ3) is 3.30. The van der Waals surface area contributed by atoms with E-state index in [2.05, 4.69) is 27.2 Å². The average Bonchev–Trinajstić information content (AvgIpc) is 2.60. The normalized spacial score (nSPS) is 10.3. The largest absolute Gasteiger partial charge is 0.366 e. The van der Waals surface area contributed by atoms with Gasteiger partial charge in [-0.25, -0.2) is 4.98 Å². The lowest BCUT2D eigenvalue weighted by Gasteiger charge is -2.10. The van der Waals surface area contributed by atoms with Crippen LogP contribution in [0.3, 0.4) is 0 Å². The monoisotopic (exact) mass is 321 g/mol. The fourth-order valence-electron chi connectivity index (χ4n) is 2.26. The van der Waals surface area contributed by atoms with Crippen LogP contribution in [0.1, 0.15) is 0 Å². The lowest BCUT2D eigenvalue weighted by molar-refractivity contribution is -0.384. The van der Waals surface area contributed by atoms with Gasteiger partial charge in [0.2, 0.25) is 5.95 Å². The molecule has 2 N–H and O–H groups in total. The van der Waals surface area contributed by atoms with Crippen LogP contribution in [-0.2, 0) is 0 Å². The summed E-state index contributed by atoms with van der Waals surface area (Å²) < 4.78 is 0. The van der Waals surface area contributed by atoms with Gasteiger partial charge < -0.3 is 10.6 Å². The highest BCUT2D eigenvalue weighted by Gasteiger charge is 2.09. The summed E-state index contributed by atoms with van der Waals surface area (Å²) in [5.74, 6) is 1.04. The van der Waals surface area contributed by atoms with Crippen LogP contribution < -0.4 is 10.6 Å². The van der Waals surface area contributed by atoms with Crippen LogP contribution in [-0.4, -0.2) is 21.4 Å². The highest BCUT2D eigenvalue weighted by Crippen LogP contribution is 2.24. The first-order valence-electron chi connectivity index (χ1n) is 7.30. The zero-order valence-electron chi connectivity index (χ0n) is 12.8. The Morgan fingerprint density at radius 2 is 2.00 bits per heavy atom. The first kappa shape index (κ1) is 15.4. The molecule has 1 heterocycles. The maximum atomic E-state index is 10.9. The third-order valence-electron chi connectivity index (χ3n) is 3.33. The SMILES string of the molecule is C=CCNc1nc(Nc2cccc([N+](=O)[O-])c2)nc2ccccc12. The van der Waals surface area contributed by atoms with Crippen molar-refractivity contribution in [2.75, 3.05) is 17.2 Å². The molecule has 2 aromatic carbocycles. The molecule has 0 saturated heterocycles. The van der Waals surface area contributed by atoms with E-state index in [9.17, 15) is 10.1 Å². The molecule has 0 aliphatic heterocycles. The Hall–Kier alpha value is -3.48. The van der Waals surface area contributed by atoms with Crippen LogP contribution >= 0.6 is 0 Å². The minimum absolute atomic E-state index is 0.00537. The summed E-state index contributed by atoms with van der Waals surface area (Å²) in [5, 5.41) is 18.0. The standard InChI is InChI=1S/C17H15N5O2/c1-2-10-18-16-14-8-3-4-9-15(14)20-17(21-16)19-12-6-5-7-13(11-12)22(23)24/h2-9,11H,1,10H2,(H2,18,19,20,21). The van der Waals surface area contributed by atoms with Gasteiger partial charge in [0.05, 0.1) is 10.4 Å². The van der Waals surface area contributed by atoms with E-state index in [4.69, 9.17) is 0 Å². The van der Waals surface area contributed by atoms with Crippen molar-refractivity contribution in [3.05, 3.63) is 71.3 Å². The number of aromatic nitrogens is 2. The van der Waals surface area contributed by atoms with E-state index >= 15 is 0 Å². The van der Waals surface area contributed by atoms with Gasteiger partial charge in [0, 0.05) is 29.8 Å². The highest BCUT2D eigenvalue weighted by atomic mass is 16.6. The van der Waals surface area contributed by atoms with Crippen molar-refractivity contribution < 1.29 is 4.92 Å². The molecule has 0 aliphatic carbocycles. The van der Waals surface area contributed by atoms with Crippen molar-refractivity contribution in [3.63, 3.8) is 0 Å². The van der Waals surface area contributed by atoms with E-state index in [1.165, 1.54) is 12.1 Å². The molecule has 3 rings (SSSR count). The molecule has 0 fully saturated rings. The minimum atomic E-state index is -0.441. The molecule has 7 nitrogen and oxygen atoms in total. The molecule has 0 saturated carbocycles. The van der Waals surface area contributed by atoms with Crippen LogP contribution in [0.5, 0.6) is 0 Å². The van der Waals surface area contributed by atoms with E-state index in [0.717, 1.165) is 10.9 Å². The number of para-hydroxylation sites is 1. The predicted octanol–water partition coefficient (Wildman–Crippen LogP) is 3.88. The van der Waals surface area contributed by atoms with Crippen LogP contribution in [0.25, 0.3) is 10.9 Å². The fourth-order valence-corrected chi connectivity index (χ4v) is 2.26. The lowest BCUT2D eigenvalue weighted by atomic mass is 10.2. The number of nitro benzene ring substituents is 1.